The third-order valence-corrected chi connectivity index (χ3v) is 4.49. The third kappa shape index (κ3) is 4.33. The first-order valence-corrected chi connectivity index (χ1v) is 7.34. The molecular formula is C14H22Cl2F2N4O. The molecule has 1 aromatic rings. The van der Waals surface area contributed by atoms with Crippen LogP contribution in [0.15, 0.2) is 12.3 Å². The van der Waals surface area contributed by atoms with E-state index in [-0.39, 0.29) is 37.1 Å². The summed E-state index contributed by atoms with van der Waals surface area (Å²) < 4.78 is 28.2. The fraction of sp³-hybridized carbons (Fsp3) is 0.714. The molecule has 0 spiro atoms. The number of piperidine rings is 1. The minimum absolute atomic E-state index is 0. The molecule has 3 rings (SSSR count). The second-order valence-corrected chi connectivity index (χ2v) is 5.97. The van der Waals surface area contributed by atoms with Gasteiger partial charge in [-0.05, 0) is 18.9 Å². The van der Waals surface area contributed by atoms with Crippen molar-refractivity contribution < 1.29 is 13.6 Å². The summed E-state index contributed by atoms with van der Waals surface area (Å²) in [6.07, 6.45) is 3.10. The van der Waals surface area contributed by atoms with Crippen LogP contribution in [-0.2, 0) is 11.8 Å². The lowest BCUT2D eigenvalue weighted by Crippen LogP contribution is -2.46. The van der Waals surface area contributed by atoms with Crippen LogP contribution in [0.25, 0.3) is 0 Å². The first kappa shape index (κ1) is 20.1. The molecule has 0 radical (unpaired) electrons. The zero-order valence-electron chi connectivity index (χ0n) is 12.9. The molecule has 5 nitrogen and oxygen atoms in total. The predicted molar refractivity (Wildman–Crippen MR) is 87.6 cm³/mol. The van der Waals surface area contributed by atoms with E-state index in [4.69, 9.17) is 0 Å². The molecule has 1 amide bonds. The number of rotatable bonds is 2. The van der Waals surface area contributed by atoms with Crippen molar-refractivity contribution in [1.82, 2.24) is 20.0 Å². The second-order valence-electron chi connectivity index (χ2n) is 5.97. The first-order chi connectivity index (χ1) is 9.96. The van der Waals surface area contributed by atoms with Crippen LogP contribution in [0, 0.1) is 0 Å². The van der Waals surface area contributed by atoms with Crippen LogP contribution in [0.3, 0.4) is 0 Å². The zero-order valence-corrected chi connectivity index (χ0v) is 14.5. The molecule has 0 saturated carbocycles. The van der Waals surface area contributed by atoms with E-state index < -0.39 is 18.5 Å². The van der Waals surface area contributed by atoms with Crippen LogP contribution >= 0.6 is 24.8 Å². The molecule has 2 aliphatic rings. The van der Waals surface area contributed by atoms with Gasteiger partial charge in [-0.2, -0.15) is 5.10 Å². The maximum Gasteiger partial charge on any atom is 0.262 e. The summed E-state index contributed by atoms with van der Waals surface area (Å²) >= 11 is 0. The van der Waals surface area contributed by atoms with Gasteiger partial charge in [0.2, 0.25) is 5.91 Å². The van der Waals surface area contributed by atoms with Crippen molar-refractivity contribution in [3.05, 3.63) is 18.0 Å². The molecular weight excluding hydrogens is 349 g/mol. The molecule has 23 heavy (non-hydrogen) atoms. The lowest BCUT2D eigenvalue weighted by Gasteiger charge is -2.33. The van der Waals surface area contributed by atoms with Crippen molar-refractivity contribution in [3.8, 4) is 0 Å². The monoisotopic (exact) mass is 370 g/mol. The average molecular weight is 371 g/mol. The Kier molecular flexibility index (Phi) is 6.80. The summed E-state index contributed by atoms with van der Waals surface area (Å²) in [5.41, 5.74) is 1.17. The molecule has 1 unspecified atom stereocenters. The lowest BCUT2D eigenvalue weighted by atomic mass is 9.93. The highest BCUT2D eigenvalue weighted by molar-refractivity contribution is 5.85. The molecule has 3 heterocycles. The Hall–Kier alpha value is -0.920. The summed E-state index contributed by atoms with van der Waals surface area (Å²) in [5, 5.41) is 6.80. The van der Waals surface area contributed by atoms with Gasteiger partial charge in [0, 0.05) is 44.4 Å². The second kappa shape index (κ2) is 7.77. The van der Waals surface area contributed by atoms with Gasteiger partial charge in [0.15, 0.2) is 0 Å². The summed E-state index contributed by atoms with van der Waals surface area (Å²) in [5.74, 6) is -2.55. The Morgan fingerprint density at radius 2 is 2.00 bits per heavy atom. The molecule has 9 heteroatoms. The quantitative estimate of drug-likeness (QED) is 0.865. The number of hydrogen-bond donors (Lipinski definition) is 1. The number of alkyl halides is 2. The average Bonchev–Trinajstić information content (AvgIpc) is 3.04. The van der Waals surface area contributed by atoms with E-state index in [1.807, 2.05) is 17.8 Å². The minimum atomic E-state index is -2.76. The highest BCUT2D eigenvalue weighted by atomic mass is 35.5. The van der Waals surface area contributed by atoms with Crippen LogP contribution in [0.2, 0.25) is 0 Å². The van der Waals surface area contributed by atoms with Gasteiger partial charge in [0.25, 0.3) is 5.92 Å². The van der Waals surface area contributed by atoms with Crippen LogP contribution in [0.4, 0.5) is 8.78 Å². The maximum absolute atomic E-state index is 13.2. The van der Waals surface area contributed by atoms with Crippen LogP contribution < -0.4 is 5.32 Å². The minimum Gasteiger partial charge on any atom is -0.341 e. The molecule has 1 N–H and O–H groups in total. The van der Waals surface area contributed by atoms with Crippen molar-refractivity contribution >= 4 is 30.7 Å². The number of carbonyl (C=O) groups is 1. The number of aromatic nitrogens is 2. The predicted octanol–water partition coefficient (Wildman–Crippen LogP) is 1.97. The lowest BCUT2D eigenvalue weighted by molar-refractivity contribution is -0.134. The van der Waals surface area contributed by atoms with Crippen molar-refractivity contribution in [1.29, 1.82) is 0 Å². The van der Waals surface area contributed by atoms with Crippen LogP contribution in [0.1, 0.15) is 30.9 Å². The first-order valence-electron chi connectivity index (χ1n) is 7.34. The normalized spacial score (nSPS) is 24.0. The summed E-state index contributed by atoms with van der Waals surface area (Å²) in [6, 6.07) is 1.27. The molecule has 1 atom stereocenters. The number of nitrogens with zero attached hydrogens (tertiary/aromatic N) is 3. The smallest absolute Gasteiger partial charge is 0.262 e. The maximum atomic E-state index is 13.2. The molecule has 0 bridgehead atoms. The standard InChI is InChI=1S/C14H20F2N4O.2ClH/c1-19-12(2-5-18-19)10-3-6-20(7-4-10)13(21)11-8-14(15,16)9-17-11;;/h2,5,10-11,17H,3-4,6-9H2,1H3;2*1H. The Balaban J connectivity index is 0.00000132. The largest absolute Gasteiger partial charge is 0.341 e. The number of likely N-dealkylation sites (tertiary alicyclic amines) is 1. The van der Waals surface area contributed by atoms with Gasteiger partial charge in [-0.1, -0.05) is 0 Å². The van der Waals surface area contributed by atoms with Gasteiger partial charge in [-0.15, -0.1) is 24.8 Å². The van der Waals surface area contributed by atoms with Crippen molar-refractivity contribution in [2.75, 3.05) is 19.6 Å². The zero-order chi connectivity index (χ0) is 15.0. The summed E-state index contributed by atoms with van der Waals surface area (Å²) in [4.78, 5) is 14.0. The Morgan fingerprint density at radius 1 is 1.35 bits per heavy atom. The SMILES string of the molecule is Cl.Cl.Cn1nccc1C1CCN(C(=O)C2CC(F)(F)CN2)CC1. The fourth-order valence-electron chi connectivity index (χ4n) is 3.29. The van der Waals surface area contributed by atoms with Gasteiger partial charge in [-0.3, -0.25) is 14.8 Å². The van der Waals surface area contributed by atoms with E-state index in [0.29, 0.717) is 19.0 Å². The van der Waals surface area contributed by atoms with E-state index in [1.165, 1.54) is 5.69 Å². The Bertz CT molecular complexity index is 533. The topological polar surface area (TPSA) is 50.2 Å². The van der Waals surface area contributed by atoms with Gasteiger partial charge in [-0.25, -0.2) is 8.78 Å². The number of hydrogen-bond acceptors (Lipinski definition) is 3. The van der Waals surface area contributed by atoms with E-state index in [2.05, 4.69) is 10.4 Å². The van der Waals surface area contributed by atoms with E-state index in [0.717, 1.165) is 12.8 Å². The van der Waals surface area contributed by atoms with E-state index >= 15 is 0 Å². The Morgan fingerprint density at radius 3 is 2.48 bits per heavy atom. The molecule has 2 fully saturated rings. The van der Waals surface area contributed by atoms with Gasteiger partial charge < -0.3 is 4.90 Å². The number of nitrogens with one attached hydrogen (secondary N) is 1. The summed E-state index contributed by atoms with van der Waals surface area (Å²) in [7, 11) is 1.91. The van der Waals surface area contributed by atoms with Gasteiger partial charge >= 0.3 is 0 Å². The van der Waals surface area contributed by atoms with Crippen LogP contribution in [0.5, 0.6) is 0 Å². The van der Waals surface area contributed by atoms with Crippen LogP contribution in [-0.4, -0.2) is 52.2 Å². The number of amides is 1. The number of halogens is 4. The van der Waals surface area contributed by atoms with Crippen molar-refractivity contribution in [2.45, 2.75) is 37.1 Å². The number of carbonyl (C=O) groups excluding carboxylic acids is 1. The van der Waals surface area contributed by atoms with Crippen molar-refractivity contribution in [2.24, 2.45) is 7.05 Å². The van der Waals surface area contributed by atoms with Gasteiger partial charge in [0.1, 0.15) is 0 Å². The van der Waals surface area contributed by atoms with E-state index in [1.54, 1.807) is 11.1 Å². The molecule has 2 saturated heterocycles. The molecule has 1 aromatic heterocycles. The van der Waals surface area contributed by atoms with Gasteiger partial charge in [0.05, 0.1) is 12.6 Å². The molecule has 132 valence electrons. The fourth-order valence-corrected chi connectivity index (χ4v) is 3.29. The molecule has 2 aliphatic heterocycles. The Labute approximate surface area is 146 Å². The van der Waals surface area contributed by atoms with E-state index in [9.17, 15) is 13.6 Å². The third-order valence-electron chi connectivity index (χ3n) is 4.49. The summed E-state index contributed by atoms with van der Waals surface area (Å²) in [6.45, 7) is 0.853. The number of aryl methyl sites for hydroxylation is 1. The van der Waals surface area contributed by atoms with Crippen molar-refractivity contribution in [3.63, 3.8) is 0 Å². The molecule has 0 aromatic carbocycles. The highest BCUT2D eigenvalue weighted by Crippen LogP contribution is 2.30. The highest BCUT2D eigenvalue weighted by Gasteiger charge is 2.43. The molecule has 0 aliphatic carbocycles.